The van der Waals surface area contributed by atoms with E-state index in [0.717, 1.165) is 12.2 Å². The van der Waals surface area contributed by atoms with Gasteiger partial charge in [0.2, 0.25) is 0 Å². The molecule has 0 aliphatic carbocycles. The van der Waals surface area contributed by atoms with Gasteiger partial charge in [0, 0.05) is 0 Å². The van der Waals surface area contributed by atoms with Crippen molar-refractivity contribution in [3.63, 3.8) is 0 Å². The Morgan fingerprint density at radius 1 is 0.523 bits per heavy atom. The van der Waals surface area contributed by atoms with Crippen molar-refractivity contribution in [2.45, 2.75) is 58.3 Å². The van der Waals surface area contributed by atoms with Crippen molar-refractivity contribution >= 4 is 11.8 Å². The monoisotopic (exact) mass is 613 g/mol. The van der Waals surface area contributed by atoms with E-state index in [2.05, 4.69) is 19.1 Å². The molecule has 44 heavy (non-hydrogen) atoms. The molecule has 0 spiro atoms. The van der Waals surface area contributed by atoms with Crippen molar-refractivity contribution in [1.29, 1.82) is 0 Å². The quantitative estimate of drug-likeness (QED) is 0.0931. The third-order valence-electron chi connectivity index (χ3n) is 7.31. The second kappa shape index (κ2) is 22.7. The van der Waals surface area contributed by atoms with E-state index in [1.165, 1.54) is 55.4 Å². The van der Waals surface area contributed by atoms with Crippen LogP contribution in [0.3, 0.4) is 0 Å². The molecule has 0 radical (unpaired) electrons. The molecule has 1 heterocycles. The lowest BCUT2D eigenvalue weighted by Crippen LogP contribution is -2.33. The van der Waals surface area contributed by atoms with E-state index in [0.29, 0.717) is 77.2 Å². The number of carbonyl (C=O) groups is 2. The largest absolute Gasteiger partial charge is 0.491 e. The first-order valence-corrected chi connectivity index (χ1v) is 16.3. The number of amides is 2. The van der Waals surface area contributed by atoms with E-state index < -0.39 is 0 Å². The van der Waals surface area contributed by atoms with Gasteiger partial charge in [-0.2, -0.15) is 0 Å². The topological polar surface area (TPSA) is 92.8 Å². The van der Waals surface area contributed by atoms with Crippen LogP contribution < -0.4 is 4.74 Å². The predicted molar refractivity (Wildman–Crippen MR) is 170 cm³/mol. The maximum atomic E-state index is 12.3. The van der Waals surface area contributed by atoms with Crippen LogP contribution >= 0.6 is 0 Å². The van der Waals surface area contributed by atoms with Crippen molar-refractivity contribution in [3.05, 3.63) is 65.2 Å². The third-order valence-corrected chi connectivity index (χ3v) is 7.31. The molecule has 0 bridgehead atoms. The Morgan fingerprint density at radius 3 is 1.50 bits per heavy atom. The van der Waals surface area contributed by atoms with Crippen LogP contribution in [0.4, 0.5) is 0 Å². The van der Waals surface area contributed by atoms with E-state index in [9.17, 15) is 9.59 Å². The molecule has 0 saturated carbocycles. The first-order valence-electron chi connectivity index (χ1n) is 16.3. The summed E-state index contributed by atoms with van der Waals surface area (Å²) < 4.78 is 33.3. The Hall–Kier alpha value is -2.82. The summed E-state index contributed by atoms with van der Waals surface area (Å²) >= 11 is 0. The zero-order valence-corrected chi connectivity index (χ0v) is 26.5. The highest BCUT2D eigenvalue weighted by molar-refractivity contribution is 6.21. The van der Waals surface area contributed by atoms with E-state index in [4.69, 9.17) is 28.4 Å². The highest BCUT2D eigenvalue weighted by Gasteiger charge is 2.34. The van der Waals surface area contributed by atoms with Crippen LogP contribution in [0.5, 0.6) is 5.75 Å². The Labute approximate surface area is 263 Å². The molecule has 244 valence electrons. The minimum absolute atomic E-state index is 0.224. The number of aryl methyl sites for hydroxylation is 1. The van der Waals surface area contributed by atoms with Gasteiger partial charge in [0.05, 0.1) is 83.7 Å². The van der Waals surface area contributed by atoms with Crippen LogP contribution in [-0.4, -0.2) is 95.9 Å². The predicted octanol–water partition coefficient (Wildman–Crippen LogP) is 5.74. The van der Waals surface area contributed by atoms with Gasteiger partial charge in [-0.3, -0.25) is 14.5 Å². The molecule has 0 saturated heterocycles. The third kappa shape index (κ3) is 13.9. The van der Waals surface area contributed by atoms with Crippen LogP contribution in [0, 0.1) is 0 Å². The van der Waals surface area contributed by atoms with Crippen LogP contribution in [0.25, 0.3) is 0 Å². The molecule has 9 heteroatoms. The first-order chi connectivity index (χ1) is 21.7. The van der Waals surface area contributed by atoms with Gasteiger partial charge < -0.3 is 28.4 Å². The molecular weight excluding hydrogens is 562 g/mol. The van der Waals surface area contributed by atoms with Crippen LogP contribution in [-0.2, 0) is 30.1 Å². The Morgan fingerprint density at radius 2 is 0.977 bits per heavy atom. The van der Waals surface area contributed by atoms with Crippen molar-refractivity contribution in [1.82, 2.24) is 4.90 Å². The Bertz CT molecular complexity index is 1030. The van der Waals surface area contributed by atoms with E-state index in [1.54, 1.807) is 24.3 Å². The van der Waals surface area contributed by atoms with Gasteiger partial charge in [-0.05, 0) is 42.7 Å². The SMILES string of the molecule is CCCCCCCCCc1ccc(OCCOCCOCCOCCOCCOCCN2C(=O)c3ccccc3C2=O)cc1. The molecule has 0 atom stereocenters. The summed E-state index contributed by atoms with van der Waals surface area (Å²) in [6, 6.07) is 15.3. The summed E-state index contributed by atoms with van der Waals surface area (Å²) in [7, 11) is 0. The number of carbonyl (C=O) groups excluding carboxylic acids is 2. The summed E-state index contributed by atoms with van der Waals surface area (Å²) in [6.07, 6.45) is 10.5. The maximum absolute atomic E-state index is 12.3. The lowest BCUT2D eigenvalue weighted by atomic mass is 10.0. The first kappa shape index (κ1) is 35.7. The summed E-state index contributed by atoms with van der Waals surface area (Å²) in [5.41, 5.74) is 2.27. The van der Waals surface area contributed by atoms with Gasteiger partial charge in [-0.1, -0.05) is 69.7 Å². The lowest BCUT2D eigenvalue weighted by Gasteiger charge is -2.13. The van der Waals surface area contributed by atoms with Gasteiger partial charge in [0.25, 0.3) is 11.8 Å². The normalized spacial score (nSPS) is 12.7. The highest BCUT2D eigenvalue weighted by atomic mass is 16.6. The maximum Gasteiger partial charge on any atom is 0.261 e. The molecule has 2 aromatic carbocycles. The number of unbranched alkanes of at least 4 members (excludes halogenated alkanes) is 6. The molecule has 9 nitrogen and oxygen atoms in total. The van der Waals surface area contributed by atoms with Crippen molar-refractivity contribution in [3.8, 4) is 5.75 Å². The second-order valence-electron chi connectivity index (χ2n) is 10.7. The average Bonchev–Trinajstić information content (AvgIpc) is 3.29. The molecular formula is C35H51NO8. The number of fused-ring (bicyclic) bond motifs is 1. The molecule has 2 amide bonds. The van der Waals surface area contributed by atoms with Crippen LogP contribution in [0.2, 0.25) is 0 Å². The molecule has 0 fully saturated rings. The number of benzene rings is 2. The fourth-order valence-corrected chi connectivity index (χ4v) is 4.84. The van der Waals surface area contributed by atoms with Crippen LogP contribution in [0.15, 0.2) is 48.5 Å². The van der Waals surface area contributed by atoms with E-state index in [-0.39, 0.29) is 25.0 Å². The van der Waals surface area contributed by atoms with Crippen LogP contribution in [0.1, 0.15) is 78.1 Å². The van der Waals surface area contributed by atoms with Gasteiger partial charge in [-0.15, -0.1) is 0 Å². The highest BCUT2D eigenvalue weighted by Crippen LogP contribution is 2.22. The van der Waals surface area contributed by atoms with Gasteiger partial charge in [0.1, 0.15) is 12.4 Å². The molecule has 0 N–H and O–H groups in total. The van der Waals surface area contributed by atoms with Gasteiger partial charge in [-0.25, -0.2) is 0 Å². The van der Waals surface area contributed by atoms with E-state index >= 15 is 0 Å². The number of hydrogen-bond donors (Lipinski definition) is 0. The number of ether oxygens (including phenoxy) is 6. The molecule has 2 aromatic rings. The summed E-state index contributed by atoms with van der Waals surface area (Å²) in [4.78, 5) is 25.8. The van der Waals surface area contributed by atoms with Gasteiger partial charge in [0.15, 0.2) is 0 Å². The molecule has 0 aromatic heterocycles. The smallest absolute Gasteiger partial charge is 0.261 e. The Kier molecular flexibility index (Phi) is 18.4. The van der Waals surface area contributed by atoms with Crippen molar-refractivity contribution < 1.29 is 38.0 Å². The number of nitrogens with zero attached hydrogens (tertiary/aromatic N) is 1. The summed E-state index contributed by atoms with van der Waals surface area (Å²) in [6.45, 7) is 7.48. The number of hydrogen-bond acceptors (Lipinski definition) is 8. The number of imide groups is 1. The standard InChI is InChI=1S/C35H51NO8/c1-2-3-4-5-6-7-8-11-30-14-16-31(17-15-30)44-29-28-43-27-26-42-25-24-41-23-22-40-21-20-39-19-18-36-34(37)32-12-9-10-13-33(32)35(36)38/h9-10,12-17H,2-8,11,18-29H2,1H3. The van der Waals surface area contributed by atoms with Gasteiger partial charge >= 0.3 is 0 Å². The zero-order chi connectivity index (χ0) is 31.1. The van der Waals surface area contributed by atoms with Crippen molar-refractivity contribution in [2.75, 3.05) is 79.2 Å². The molecule has 1 aliphatic rings. The minimum Gasteiger partial charge on any atom is -0.491 e. The fraction of sp³-hybridized carbons (Fsp3) is 0.600. The van der Waals surface area contributed by atoms with E-state index in [1.807, 2.05) is 12.1 Å². The van der Waals surface area contributed by atoms with Crippen molar-refractivity contribution in [2.24, 2.45) is 0 Å². The summed E-state index contributed by atoms with van der Waals surface area (Å²) in [5.74, 6) is 0.339. The average molecular weight is 614 g/mol. The minimum atomic E-state index is -0.269. The summed E-state index contributed by atoms with van der Waals surface area (Å²) in [5, 5.41) is 0. The molecule has 0 unspecified atom stereocenters. The second-order valence-corrected chi connectivity index (χ2v) is 10.7. The lowest BCUT2D eigenvalue weighted by molar-refractivity contribution is -0.0133. The molecule has 1 aliphatic heterocycles. The zero-order valence-electron chi connectivity index (χ0n) is 26.5. The molecule has 3 rings (SSSR count). The number of rotatable bonds is 27. The Balaban J connectivity index is 1.02. The fourth-order valence-electron chi connectivity index (χ4n) is 4.84.